The monoisotopic (exact) mass is 439 g/mol. The number of para-hydroxylation sites is 1. The van der Waals surface area contributed by atoms with Crippen LogP contribution >= 0.6 is 11.6 Å². The molecule has 1 aromatic heterocycles. The summed E-state index contributed by atoms with van der Waals surface area (Å²) in [4.78, 5) is 30.0. The lowest BCUT2D eigenvalue weighted by atomic mass is 10.2. The number of carbonyl (C=O) groups excluding carboxylic acids is 1. The number of halogens is 1. The first-order chi connectivity index (χ1) is 14.9. The number of hydrogen-bond donors (Lipinski definition) is 1. The zero-order valence-electron chi connectivity index (χ0n) is 17.7. The second-order valence-electron chi connectivity index (χ2n) is 7.72. The summed E-state index contributed by atoms with van der Waals surface area (Å²) in [5.41, 5.74) is 2.71. The van der Waals surface area contributed by atoms with Crippen molar-refractivity contribution in [2.24, 2.45) is 7.05 Å². The Morgan fingerprint density at radius 1 is 0.968 bits per heavy atom. The minimum atomic E-state index is -0.230. The Morgan fingerprint density at radius 2 is 1.61 bits per heavy atom. The van der Waals surface area contributed by atoms with Crippen molar-refractivity contribution in [1.82, 2.24) is 14.3 Å². The summed E-state index contributed by atoms with van der Waals surface area (Å²) >= 11 is 5.97. The molecule has 0 bridgehead atoms. The average Bonchev–Trinajstić information content (AvgIpc) is 2.98. The summed E-state index contributed by atoms with van der Waals surface area (Å²) in [6.07, 6.45) is 0. The second-order valence-corrected chi connectivity index (χ2v) is 8.16. The van der Waals surface area contributed by atoms with Crippen molar-refractivity contribution < 1.29 is 4.79 Å². The van der Waals surface area contributed by atoms with E-state index in [4.69, 9.17) is 11.6 Å². The fraction of sp³-hybridized carbons (Fsp3) is 0.304. The van der Waals surface area contributed by atoms with E-state index in [1.165, 1.54) is 0 Å². The quantitative estimate of drug-likeness (QED) is 0.664. The molecule has 162 valence electrons. The standard InChI is InChI=1S/C23H26ClN5O2/c1-17-22(23(31)29(26(17)2)20-6-4-3-5-7-20)25-21(30)16-27-12-14-28(15-13-27)19-10-8-18(24)9-11-19/h3-11H,12-16H2,1-2H3,(H,25,30). The highest BCUT2D eigenvalue weighted by molar-refractivity contribution is 6.30. The van der Waals surface area contributed by atoms with E-state index in [0.29, 0.717) is 5.69 Å². The van der Waals surface area contributed by atoms with E-state index in [-0.39, 0.29) is 18.0 Å². The van der Waals surface area contributed by atoms with Crippen molar-refractivity contribution in [3.8, 4) is 5.69 Å². The van der Waals surface area contributed by atoms with Crippen LogP contribution in [0, 0.1) is 6.92 Å². The van der Waals surface area contributed by atoms with Gasteiger partial charge in [0.15, 0.2) is 0 Å². The fourth-order valence-corrected chi connectivity index (χ4v) is 4.04. The van der Waals surface area contributed by atoms with Crippen LogP contribution in [0.2, 0.25) is 5.02 Å². The van der Waals surface area contributed by atoms with E-state index in [2.05, 4.69) is 15.1 Å². The number of benzene rings is 2. The summed E-state index contributed by atoms with van der Waals surface area (Å²) in [7, 11) is 1.81. The molecule has 0 atom stereocenters. The van der Waals surface area contributed by atoms with Crippen LogP contribution < -0.4 is 15.8 Å². The molecule has 1 saturated heterocycles. The van der Waals surface area contributed by atoms with Crippen LogP contribution in [0.4, 0.5) is 11.4 Å². The zero-order chi connectivity index (χ0) is 22.0. The van der Waals surface area contributed by atoms with Crippen molar-refractivity contribution in [2.75, 3.05) is 42.9 Å². The topological polar surface area (TPSA) is 62.5 Å². The highest BCUT2D eigenvalue weighted by Gasteiger charge is 2.22. The van der Waals surface area contributed by atoms with Crippen LogP contribution in [-0.4, -0.2) is 52.9 Å². The van der Waals surface area contributed by atoms with Crippen LogP contribution in [0.5, 0.6) is 0 Å². The summed E-state index contributed by atoms with van der Waals surface area (Å²) in [6, 6.07) is 17.2. The number of piperazine rings is 1. The molecule has 0 aliphatic carbocycles. The molecular weight excluding hydrogens is 414 g/mol. The van der Waals surface area contributed by atoms with E-state index < -0.39 is 0 Å². The molecule has 1 N–H and O–H groups in total. The summed E-state index contributed by atoms with van der Waals surface area (Å²) in [5.74, 6) is -0.175. The first-order valence-corrected chi connectivity index (χ1v) is 10.7. The summed E-state index contributed by atoms with van der Waals surface area (Å²) in [5, 5.41) is 3.57. The molecule has 0 radical (unpaired) electrons. The van der Waals surface area contributed by atoms with Gasteiger partial charge < -0.3 is 10.2 Å². The van der Waals surface area contributed by atoms with Gasteiger partial charge in [0.2, 0.25) is 5.91 Å². The molecule has 1 aliphatic heterocycles. The van der Waals surface area contributed by atoms with Gasteiger partial charge in [-0.15, -0.1) is 0 Å². The fourth-order valence-electron chi connectivity index (χ4n) is 3.91. The first-order valence-electron chi connectivity index (χ1n) is 10.3. The molecule has 0 unspecified atom stereocenters. The number of carbonyl (C=O) groups is 1. The van der Waals surface area contributed by atoms with Gasteiger partial charge in [-0.05, 0) is 43.3 Å². The van der Waals surface area contributed by atoms with Crippen molar-refractivity contribution >= 4 is 28.9 Å². The molecule has 8 heteroatoms. The average molecular weight is 440 g/mol. The number of amides is 1. The third-order valence-corrected chi connectivity index (χ3v) is 6.00. The zero-order valence-corrected chi connectivity index (χ0v) is 18.5. The van der Waals surface area contributed by atoms with E-state index in [1.54, 1.807) is 9.36 Å². The lowest BCUT2D eigenvalue weighted by Crippen LogP contribution is -2.48. The van der Waals surface area contributed by atoms with Gasteiger partial charge in [0, 0.05) is 43.9 Å². The molecular formula is C23H26ClN5O2. The van der Waals surface area contributed by atoms with Crippen LogP contribution in [0.25, 0.3) is 5.69 Å². The molecule has 4 rings (SSSR count). The summed E-state index contributed by atoms with van der Waals surface area (Å²) < 4.78 is 3.33. The number of nitrogens with one attached hydrogen (secondary N) is 1. The Hall–Kier alpha value is -3.03. The molecule has 31 heavy (non-hydrogen) atoms. The molecule has 2 heterocycles. The SMILES string of the molecule is Cc1c(NC(=O)CN2CCN(c3ccc(Cl)cc3)CC2)c(=O)n(-c2ccccc2)n1C. The molecule has 0 spiro atoms. The minimum Gasteiger partial charge on any atom is -0.369 e. The third-order valence-electron chi connectivity index (χ3n) is 5.75. The smallest absolute Gasteiger partial charge is 0.295 e. The van der Waals surface area contributed by atoms with Crippen molar-refractivity contribution in [1.29, 1.82) is 0 Å². The van der Waals surface area contributed by atoms with Gasteiger partial charge in [-0.25, -0.2) is 4.68 Å². The maximum absolute atomic E-state index is 13.0. The number of rotatable bonds is 5. The lowest BCUT2D eigenvalue weighted by molar-refractivity contribution is -0.117. The van der Waals surface area contributed by atoms with Gasteiger partial charge in [0.25, 0.3) is 5.56 Å². The molecule has 1 fully saturated rings. The van der Waals surface area contributed by atoms with E-state index in [0.717, 1.165) is 48.3 Å². The van der Waals surface area contributed by atoms with E-state index in [1.807, 2.05) is 68.6 Å². The number of nitrogens with zero attached hydrogens (tertiary/aromatic N) is 4. The van der Waals surface area contributed by atoms with Crippen molar-refractivity contribution in [2.45, 2.75) is 6.92 Å². The second kappa shape index (κ2) is 8.99. The largest absolute Gasteiger partial charge is 0.369 e. The molecule has 1 aliphatic rings. The van der Waals surface area contributed by atoms with Gasteiger partial charge in [-0.3, -0.25) is 19.2 Å². The van der Waals surface area contributed by atoms with Crippen molar-refractivity contribution in [3.63, 3.8) is 0 Å². The molecule has 7 nitrogen and oxygen atoms in total. The van der Waals surface area contributed by atoms with Gasteiger partial charge in [-0.1, -0.05) is 29.8 Å². The van der Waals surface area contributed by atoms with Gasteiger partial charge in [0.05, 0.1) is 17.9 Å². The Bertz CT molecular complexity index is 1110. The van der Waals surface area contributed by atoms with Crippen LogP contribution in [-0.2, 0) is 11.8 Å². The lowest BCUT2D eigenvalue weighted by Gasteiger charge is -2.35. The van der Waals surface area contributed by atoms with Crippen LogP contribution in [0.3, 0.4) is 0 Å². The Balaban J connectivity index is 1.39. The predicted molar refractivity (Wildman–Crippen MR) is 124 cm³/mol. The first kappa shape index (κ1) is 21.2. The van der Waals surface area contributed by atoms with Crippen LogP contribution in [0.15, 0.2) is 59.4 Å². The van der Waals surface area contributed by atoms with E-state index >= 15 is 0 Å². The Kier molecular flexibility index (Phi) is 6.15. The minimum absolute atomic E-state index is 0.175. The maximum atomic E-state index is 13.0. The number of aromatic nitrogens is 2. The molecule has 3 aromatic rings. The van der Waals surface area contributed by atoms with Crippen LogP contribution in [0.1, 0.15) is 5.69 Å². The van der Waals surface area contributed by atoms with Gasteiger partial charge in [0.1, 0.15) is 5.69 Å². The van der Waals surface area contributed by atoms with E-state index in [9.17, 15) is 9.59 Å². The van der Waals surface area contributed by atoms with Gasteiger partial charge >= 0.3 is 0 Å². The maximum Gasteiger partial charge on any atom is 0.295 e. The van der Waals surface area contributed by atoms with Gasteiger partial charge in [-0.2, -0.15) is 0 Å². The highest BCUT2D eigenvalue weighted by atomic mass is 35.5. The Labute approximate surface area is 186 Å². The Morgan fingerprint density at radius 3 is 2.26 bits per heavy atom. The normalized spacial score (nSPS) is 14.6. The number of anilines is 2. The third kappa shape index (κ3) is 4.52. The van der Waals surface area contributed by atoms with Crippen molar-refractivity contribution in [3.05, 3.63) is 75.7 Å². The number of hydrogen-bond acceptors (Lipinski definition) is 4. The molecule has 1 amide bonds. The predicted octanol–water partition coefficient (Wildman–Crippen LogP) is 2.90. The highest BCUT2D eigenvalue weighted by Crippen LogP contribution is 2.19. The molecule has 2 aromatic carbocycles. The summed E-state index contributed by atoms with van der Waals surface area (Å²) in [6.45, 7) is 5.31. The molecule has 0 saturated carbocycles.